The van der Waals surface area contributed by atoms with Crippen molar-refractivity contribution in [3.63, 3.8) is 0 Å². The minimum atomic E-state index is 0.877. The Bertz CT molecular complexity index is 436. The first-order valence-electron chi connectivity index (χ1n) is 4.61. The Kier molecular flexibility index (Phi) is 3.91. The van der Waals surface area contributed by atoms with Crippen LogP contribution in [0.1, 0.15) is 14.6 Å². The Balaban J connectivity index is 1.83. The number of nitrogens with zero attached hydrogens (tertiary/aromatic N) is 1. The standard InChI is InChI=1S/C10H11BrN2S2/c1-7-2-3-8(14-7)4-12-6-10-9(11)5-13-15-10/h2-3,5,12H,4,6H2,1H3. The number of rotatable bonds is 4. The normalized spacial score (nSPS) is 10.8. The van der Waals surface area contributed by atoms with E-state index in [1.54, 1.807) is 0 Å². The average Bonchev–Trinajstić information content (AvgIpc) is 2.77. The van der Waals surface area contributed by atoms with Crippen molar-refractivity contribution in [3.8, 4) is 0 Å². The van der Waals surface area contributed by atoms with Gasteiger partial charge in [0.05, 0.1) is 15.5 Å². The Hall–Kier alpha value is -0.230. The van der Waals surface area contributed by atoms with E-state index in [1.807, 2.05) is 17.5 Å². The van der Waals surface area contributed by atoms with Crippen molar-refractivity contribution < 1.29 is 0 Å². The van der Waals surface area contributed by atoms with Gasteiger partial charge in [0, 0.05) is 22.8 Å². The lowest BCUT2D eigenvalue weighted by molar-refractivity contribution is 0.707. The number of aromatic nitrogens is 1. The smallest absolute Gasteiger partial charge is 0.0552 e. The summed E-state index contributed by atoms with van der Waals surface area (Å²) in [6.45, 7) is 3.94. The van der Waals surface area contributed by atoms with Crippen LogP contribution < -0.4 is 5.32 Å². The molecular formula is C10H11BrN2S2. The Labute approximate surface area is 106 Å². The van der Waals surface area contributed by atoms with Gasteiger partial charge in [0.1, 0.15) is 0 Å². The molecule has 5 heteroatoms. The van der Waals surface area contributed by atoms with E-state index in [0.29, 0.717) is 0 Å². The maximum atomic E-state index is 4.11. The van der Waals surface area contributed by atoms with Crippen LogP contribution in [-0.2, 0) is 13.1 Å². The van der Waals surface area contributed by atoms with Crippen molar-refractivity contribution >= 4 is 38.8 Å². The lowest BCUT2D eigenvalue weighted by atomic mass is 10.4. The monoisotopic (exact) mass is 302 g/mol. The lowest BCUT2D eigenvalue weighted by Gasteiger charge is -2.00. The molecule has 0 aliphatic carbocycles. The summed E-state index contributed by atoms with van der Waals surface area (Å²) in [4.78, 5) is 4.00. The molecule has 0 fully saturated rings. The summed E-state index contributed by atoms with van der Waals surface area (Å²) in [5, 5.41) is 3.41. The second-order valence-corrected chi connectivity index (χ2v) is 6.33. The molecule has 2 nitrogen and oxygen atoms in total. The average molecular weight is 303 g/mol. The summed E-state index contributed by atoms with van der Waals surface area (Å²) in [7, 11) is 0. The van der Waals surface area contributed by atoms with Crippen molar-refractivity contribution in [1.29, 1.82) is 0 Å². The van der Waals surface area contributed by atoms with Crippen LogP contribution in [0.25, 0.3) is 0 Å². The van der Waals surface area contributed by atoms with Crippen LogP contribution in [0.5, 0.6) is 0 Å². The number of hydrogen-bond donors (Lipinski definition) is 1. The van der Waals surface area contributed by atoms with Gasteiger partial charge >= 0.3 is 0 Å². The second-order valence-electron chi connectivity index (χ2n) is 3.21. The SMILES string of the molecule is Cc1ccc(CNCc2sncc2Br)s1. The molecule has 0 bridgehead atoms. The first kappa shape index (κ1) is 11.3. The van der Waals surface area contributed by atoms with Crippen molar-refractivity contribution in [1.82, 2.24) is 9.69 Å². The van der Waals surface area contributed by atoms with Gasteiger partial charge in [-0.1, -0.05) is 0 Å². The molecule has 0 atom stereocenters. The fraction of sp³-hybridized carbons (Fsp3) is 0.300. The van der Waals surface area contributed by atoms with Gasteiger partial charge < -0.3 is 5.32 Å². The van der Waals surface area contributed by atoms with Crippen LogP contribution >= 0.6 is 38.8 Å². The fourth-order valence-electron chi connectivity index (χ4n) is 1.25. The summed E-state index contributed by atoms with van der Waals surface area (Å²) in [5.74, 6) is 0. The molecule has 1 N–H and O–H groups in total. The lowest BCUT2D eigenvalue weighted by Crippen LogP contribution is -2.10. The van der Waals surface area contributed by atoms with E-state index < -0.39 is 0 Å². The van der Waals surface area contributed by atoms with Gasteiger partial charge in [-0.3, -0.25) is 0 Å². The van der Waals surface area contributed by atoms with Gasteiger partial charge in [0.25, 0.3) is 0 Å². The Morgan fingerprint density at radius 1 is 1.40 bits per heavy atom. The topological polar surface area (TPSA) is 24.9 Å². The zero-order chi connectivity index (χ0) is 10.7. The summed E-state index contributed by atoms with van der Waals surface area (Å²) < 4.78 is 5.21. The number of halogens is 1. The van der Waals surface area contributed by atoms with Crippen LogP contribution in [0.4, 0.5) is 0 Å². The molecule has 0 saturated heterocycles. The molecule has 0 aliphatic heterocycles. The molecule has 80 valence electrons. The minimum Gasteiger partial charge on any atom is -0.307 e. The number of aryl methyl sites for hydroxylation is 1. The van der Waals surface area contributed by atoms with Crippen LogP contribution in [0, 0.1) is 6.92 Å². The van der Waals surface area contributed by atoms with E-state index in [4.69, 9.17) is 0 Å². The Morgan fingerprint density at radius 2 is 2.27 bits per heavy atom. The highest BCUT2D eigenvalue weighted by Gasteiger charge is 2.02. The quantitative estimate of drug-likeness (QED) is 0.934. The van der Waals surface area contributed by atoms with E-state index >= 15 is 0 Å². The van der Waals surface area contributed by atoms with Crippen molar-refractivity contribution in [3.05, 3.63) is 37.4 Å². The van der Waals surface area contributed by atoms with Crippen LogP contribution in [0.3, 0.4) is 0 Å². The molecule has 0 radical (unpaired) electrons. The second kappa shape index (κ2) is 5.21. The third kappa shape index (κ3) is 3.11. The van der Waals surface area contributed by atoms with E-state index in [9.17, 15) is 0 Å². The van der Waals surface area contributed by atoms with Gasteiger partial charge in [-0.15, -0.1) is 11.3 Å². The third-order valence-corrected chi connectivity index (χ3v) is 4.72. The third-order valence-electron chi connectivity index (χ3n) is 1.98. The van der Waals surface area contributed by atoms with Crippen molar-refractivity contribution in [2.24, 2.45) is 0 Å². The zero-order valence-corrected chi connectivity index (χ0v) is 11.5. The Morgan fingerprint density at radius 3 is 2.87 bits per heavy atom. The summed E-state index contributed by atoms with van der Waals surface area (Å²) in [5.41, 5.74) is 0. The summed E-state index contributed by atoms with van der Waals surface area (Å²) >= 11 is 6.84. The predicted molar refractivity (Wildman–Crippen MR) is 69.4 cm³/mol. The largest absolute Gasteiger partial charge is 0.307 e. The molecule has 0 amide bonds. The van der Waals surface area contributed by atoms with Crippen LogP contribution in [-0.4, -0.2) is 4.37 Å². The highest BCUT2D eigenvalue weighted by molar-refractivity contribution is 9.10. The maximum Gasteiger partial charge on any atom is 0.0552 e. The first-order chi connectivity index (χ1) is 7.25. The van der Waals surface area contributed by atoms with Gasteiger partial charge in [-0.25, -0.2) is 0 Å². The molecule has 0 aromatic carbocycles. The van der Waals surface area contributed by atoms with Gasteiger partial charge in [-0.05, 0) is 46.5 Å². The molecular weight excluding hydrogens is 292 g/mol. The van der Waals surface area contributed by atoms with E-state index in [0.717, 1.165) is 17.6 Å². The maximum absolute atomic E-state index is 4.11. The van der Waals surface area contributed by atoms with E-state index in [1.165, 1.54) is 26.2 Å². The van der Waals surface area contributed by atoms with Gasteiger partial charge in [-0.2, -0.15) is 4.37 Å². The molecule has 0 spiro atoms. The first-order valence-corrected chi connectivity index (χ1v) is 6.99. The zero-order valence-electron chi connectivity index (χ0n) is 8.29. The predicted octanol–water partition coefficient (Wildman–Crippen LogP) is 3.57. The molecule has 0 aliphatic rings. The molecule has 0 unspecified atom stereocenters. The molecule has 2 aromatic heterocycles. The van der Waals surface area contributed by atoms with Crippen LogP contribution in [0.15, 0.2) is 22.8 Å². The molecule has 15 heavy (non-hydrogen) atoms. The molecule has 2 aromatic rings. The van der Waals surface area contributed by atoms with Crippen molar-refractivity contribution in [2.45, 2.75) is 20.0 Å². The number of nitrogens with one attached hydrogen (secondary N) is 1. The van der Waals surface area contributed by atoms with E-state index in [2.05, 4.69) is 44.7 Å². The number of hydrogen-bond acceptors (Lipinski definition) is 4. The summed E-state index contributed by atoms with van der Waals surface area (Å²) in [6, 6.07) is 4.33. The number of thiophene rings is 1. The van der Waals surface area contributed by atoms with Gasteiger partial charge in [0.15, 0.2) is 0 Å². The highest BCUT2D eigenvalue weighted by Crippen LogP contribution is 2.20. The molecule has 2 heterocycles. The van der Waals surface area contributed by atoms with Gasteiger partial charge in [0.2, 0.25) is 0 Å². The van der Waals surface area contributed by atoms with Crippen molar-refractivity contribution in [2.75, 3.05) is 0 Å². The molecule has 0 saturated carbocycles. The highest BCUT2D eigenvalue weighted by atomic mass is 79.9. The van der Waals surface area contributed by atoms with Crippen LogP contribution in [0.2, 0.25) is 0 Å². The minimum absolute atomic E-state index is 0.877. The molecule has 2 rings (SSSR count). The summed E-state index contributed by atoms with van der Waals surface area (Å²) in [6.07, 6.45) is 1.84. The van der Waals surface area contributed by atoms with E-state index in [-0.39, 0.29) is 0 Å². The fourth-order valence-corrected chi connectivity index (χ4v) is 3.30.